The number of benzene rings is 1. The lowest BCUT2D eigenvalue weighted by Gasteiger charge is -2.31. The maximum Gasteiger partial charge on any atom is 0.314 e. The molecule has 1 saturated carbocycles. The van der Waals surface area contributed by atoms with E-state index < -0.39 is 24.5 Å². The highest BCUT2D eigenvalue weighted by Crippen LogP contribution is 2.44. The van der Waals surface area contributed by atoms with Crippen LogP contribution in [0.4, 0.5) is 8.78 Å². The number of aliphatic hydroxyl groups is 1. The molecule has 1 aliphatic carbocycles. The van der Waals surface area contributed by atoms with Gasteiger partial charge in [0.25, 0.3) is 11.8 Å². The Balaban J connectivity index is 1.44. The summed E-state index contributed by atoms with van der Waals surface area (Å²) in [5.74, 6) is -0.929. The van der Waals surface area contributed by atoms with Crippen LogP contribution in [0, 0.1) is 5.92 Å². The average molecular weight is 447 g/mol. The predicted octanol–water partition coefficient (Wildman–Crippen LogP) is 4.19. The van der Waals surface area contributed by atoms with Crippen molar-refractivity contribution in [2.24, 2.45) is 5.92 Å². The second kappa shape index (κ2) is 7.65. The first-order chi connectivity index (χ1) is 14.9. The molecular weight excluding hydrogens is 430 g/mol. The number of alkyl halides is 2. The molecule has 160 valence electrons. The van der Waals surface area contributed by atoms with E-state index >= 15 is 0 Å². The number of rotatable bonds is 6. The van der Waals surface area contributed by atoms with Gasteiger partial charge in [-0.25, -0.2) is 4.98 Å². The largest absolute Gasteiger partial charge is 0.415 e. The van der Waals surface area contributed by atoms with Crippen LogP contribution in [-0.2, 0) is 6.54 Å². The molecule has 10 heteroatoms. The van der Waals surface area contributed by atoms with Crippen molar-refractivity contribution in [3.63, 3.8) is 0 Å². The summed E-state index contributed by atoms with van der Waals surface area (Å²) in [6.07, 6.45) is -2.03. The molecule has 0 spiro atoms. The van der Waals surface area contributed by atoms with Gasteiger partial charge in [0.15, 0.2) is 0 Å². The first-order valence-corrected chi connectivity index (χ1v) is 10.2. The normalized spacial score (nSPS) is 17.8. The summed E-state index contributed by atoms with van der Waals surface area (Å²) in [6.45, 7) is 0.333. The Hall–Kier alpha value is -2.91. The number of carbonyl (C=O) groups is 1. The van der Waals surface area contributed by atoms with Crippen molar-refractivity contribution in [3.05, 3.63) is 64.3 Å². The van der Waals surface area contributed by atoms with Gasteiger partial charge in [0.2, 0.25) is 5.89 Å². The fraction of sp³-hybridized carbons (Fsp3) is 0.333. The van der Waals surface area contributed by atoms with Crippen LogP contribution in [-0.4, -0.2) is 37.1 Å². The molecule has 2 aromatic heterocycles. The molecule has 1 aliphatic heterocycles. The van der Waals surface area contributed by atoms with Crippen LogP contribution in [0.15, 0.2) is 40.8 Å². The molecule has 0 radical (unpaired) electrons. The number of aliphatic hydroxyl groups excluding tert-OH is 1. The Labute approximate surface area is 180 Å². The minimum Gasteiger partial charge on any atom is -0.415 e. The molecule has 7 nitrogen and oxygen atoms in total. The van der Waals surface area contributed by atoms with Crippen LogP contribution in [0.3, 0.4) is 0 Å². The van der Waals surface area contributed by atoms with Crippen LogP contribution in [0.2, 0.25) is 5.15 Å². The van der Waals surface area contributed by atoms with Gasteiger partial charge >= 0.3 is 6.43 Å². The third kappa shape index (κ3) is 3.68. The van der Waals surface area contributed by atoms with Crippen molar-refractivity contribution >= 4 is 17.5 Å². The molecule has 3 heterocycles. The van der Waals surface area contributed by atoms with Gasteiger partial charge in [-0.3, -0.25) is 4.79 Å². The summed E-state index contributed by atoms with van der Waals surface area (Å²) in [4.78, 5) is 19.1. The maximum atomic E-state index is 13.3. The quantitative estimate of drug-likeness (QED) is 0.571. The fourth-order valence-electron chi connectivity index (χ4n) is 4.02. The molecule has 2 atom stereocenters. The molecule has 1 aromatic carbocycles. The highest BCUT2D eigenvalue weighted by molar-refractivity contribution is 6.29. The standard InChI is InChI=1S/C21H17ClF2N4O3/c22-15-3-1-2-14(25-15)17(29)16(10-4-5-10)28-9-12-7-6-11(8-13(12)21(28)30)19-26-27-20(31-19)18(23)24/h1-3,6-8,10,16-18,29H,4-5,9H2. The summed E-state index contributed by atoms with van der Waals surface area (Å²) in [5.41, 5.74) is 2.00. The summed E-state index contributed by atoms with van der Waals surface area (Å²) >= 11 is 5.98. The van der Waals surface area contributed by atoms with Gasteiger partial charge in [-0.2, -0.15) is 8.78 Å². The molecule has 2 aliphatic rings. The Morgan fingerprint density at radius 1 is 1.19 bits per heavy atom. The average Bonchev–Trinajstić information content (AvgIpc) is 3.36. The smallest absolute Gasteiger partial charge is 0.314 e. The zero-order valence-electron chi connectivity index (χ0n) is 16.1. The Kier molecular flexibility index (Phi) is 4.94. The molecule has 0 saturated heterocycles. The fourth-order valence-corrected chi connectivity index (χ4v) is 4.19. The van der Waals surface area contributed by atoms with Gasteiger partial charge in [0.05, 0.1) is 11.7 Å². The second-order valence-electron chi connectivity index (χ2n) is 7.71. The van der Waals surface area contributed by atoms with Crippen molar-refractivity contribution in [2.75, 3.05) is 0 Å². The van der Waals surface area contributed by atoms with E-state index in [0.29, 0.717) is 23.4 Å². The van der Waals surface area contributed by atoms with Crippen molar-refractivity contribution in [3.8, 4) is 11.5 Å². The van der Waals surface area contributed by atoms with Gasteiger partial charge in [0.1, 0.15) is 11.3 Å². The highest BCUT2D eigenvalue weighted by atomic mass is 35.5. The zero-order chi connectivity index (χ0) is 21.7. The third-order valence-electron chi connectivity index (χ3n) is 5.64. The van der Waals surface area contributed by atoms with E-state index in [-0.39, 0.29) is 22.9 Å². The Morgan fingerprint density at radius 2 is 2.00 bits per heavy atom. The lowest BCUT2D eigenvalue weighted by molar-refractivity contribution is 0.0277. The summed E-state index contributed by atoms with van der Waals surface area (Å²) in [5, 5.41) is 18.3. The van der Waals surface area contributed by atoms with E-state index in [1.807, 2.05) is 0 Å². The van der Waals surface area contributed by atoms with Gasteiger partial charge in [-0.15, -0.1) is 10.2 Å². The third-order valence-corrected chi connectivity index (χ3v) is 5.85. The van der Waals surface area contributed by atoms with Crippen LogP contribution in [0.5, 0.6) is 0 Å². The summed E-state index contributed by atoms with van der Waals surface area (Å²) < 4.78 is 30.5. The van der Waals surface area contributed by atoms with E-state index in [0.717, 1.165) is 18.4 Å². The maximum absolute atomic E-state index is 13.3. The molecule has 31 heavy (non-hydrogen) atoms. The Morgan fingerprint density at radius 3 is 2.68 bits per heavy atom. The molecule has 1 amide bonds. The van der Waals surface area contributed by atoms with Crippen molar-refractivity contribution in [2.45, 2.75) is 38.0 Å². The lowest BCUT2D eigenvalue weighted by Crippen LogP contribution is -2.41. The molecule has 3 aromatic rings. The number of halogens is 3. The van der Waals surface area contributed by atoms with Crippen LogP contribution >= 0.6 is 11.6 Å². The number of hydrogen-bond donors (Lipinski definition) is 1. The van der Waals surface area contributed by atoms with Gasteiger partial charge in [0, 0.05) is 17.7 Å². The van der Waals surface area contributed by atoms with Crippen LogP contribution in [0.1, 0.15) is 52.9 Å². The topological polar surface area (TPSA) is 92.4 Å². The summed E-state index contributed by atoms with van der Waals surface area (Å²) in [7, 11) is 0. The van der Waals surface area contributed by atoms with E-state index in [2.05, 4.69) is 15.2 Å². The number of aromatic nitrogens is 3. The van der Waals surface area contributed by atoms with Gasteiger partial charge in [-0.1, -0.05) is 23.7 Å². The number of nitrogens with zero attached hydrogens (tertiary/aromatic N) is 4. The minimum absolute atomic E-state index is 0.0775. The zero-order valence-corrected chi connectivity index (χ0v) is 16.8. The molecule has 2 unspecified atom stereocenters. The van der Waals surface area contributed by atoms with Gasteiger partial charge in [-0.05, 0) is 48.6 Å². The first kappa shape index (κ1) is 20.0. The van der Waals surface area contributed by atoms with E-state index in [1.54, 1.807) is 41.3 Å². The lowest BCUT2D eigenvalue weighted by atomic mass is 10.0. The van der Waals surface area contributed by atoms with Crippen molar-refractivity contribution < 1.29 is 23.1 Å². The molecule has 1 fully saturated rings. The monoisotopic (exact) mass is 446 g/mol. The highest BCUT2D eigenvalue weighted by Gasteiger charge is 2.45. The number of hydrogen-bond acceptors (Lipinski definition) is 6. The van der Waals surface area contributed by atoms with E-state index in [4.69, 9.17) is 16.0 Å². The second-order valence-corrected chi connectivity index (χ2v) is 8.10. The van der Waals surface area contributed by atoms with Crippen molar-refractivity contribution in [1.82, 2.24) is 20.1 Å². The van der Waals surface area contributed by atoms with E-state index in [9.17, 15) is 18.7 Å². The van der Waals surface area contributed by atoms with E-state index in [1.165, 1.54) is 0 Å². The van der Waals surface area contributed by atoms with Crippen LogP contribution < -0.4 is 0 Å². The predicted molar refractivity (Wildman–Crippen MR) is 105 cm³/mol. The number of amides is 1. The molecular formula is C21H17ClF2N4O3. The van der Waals surface area contributed by atoms with Crippen molar-refractivity contribution in [1.29, 1.82) is 0 Å². The number of fused-ring (bicyclic) bond motifs is 1. The SMILES string of the molecule is O=C1c2cc(-c3nnc(C(F)F)o3)ccc2CN1C(C1CC1)C(O)c1cccc(Cl)n1. The minimum atomic E-state index is -2.87. The number of pyridine rings is 1. The molecule has 0 bridgehead atoms. The number of carbonyl (C=O) groups excluding carboxylic acids is 1. The first-order valence-electron chi connectivity index (χ1n) is 9.78. The van der Waals surface area contributed by atoms with Gasteiger partial charge < -0.3 is 14.4 Å². The summed E-state index contributed by atoms with van der Waals surface area (Å²) in [6, 6.07) is 9.54. The molecule has 1 N–H and O–H groups in total. The van der Waals surface area contributed by atoms with Crippen LogP contribution in [0.25, 0.3) is 11.5 Å². The molecule has 5 rings (SSSR count). The Bertz CT molecular complexity index is 1150.